The molecule has 2 aromatic rings. The highest BCUT2D eigenvalue weighted by Gasteiger charge is 2.33. The van der Waals surface area contributed by atoms with E-state index in [9.17, 15) is 21.9 Å². The van der Waals surface area contributed by atoms with Crippen molar-refractivity contribution in [1.29, 1.82) is 0 Å². The van der Waals surface area contributed by atoms with E-state index in [2.05, 4.69) is 9.44 Å². The summed E-state index contributed by atoms with van der Waals surface area (Å²) in [7, 11) is -7.19. The Bertz CT molecular complexity index is 1030. The molecule has 3 rings (SSSR count). The Labute approximate surface area is 183 Å². The van der Waals surface area contributed by atoms with Gasteiger partial charge in [-0.25, -0.2) is 26.3 Å². The van der Waals surface area contributed by atoms with Crippen LogP contribution in [-0.2, 0) is 30.5 Å². The number of nitrogens with one attached hydrogen (secondary N) is 2. The molecule has 1 aliphatic rings. The van der Waals surface area contributed by atoms with Crippen molar-refractivity contribution in [2.24, 2.45) is 0 Å². The number of rotatable bonds is 10. The molecule has 8 nitrogen and oxygen atoms in total. The number of aliphatic hydroxyl groups excluding tert-OH is 1. The topological polar surface area (TPSA) is 122 Å². The molecule has 0 bridgehead atoms. The largest absolute Gasteiger partial charge is 0.394 e. The third kappa shape index (κ3) is 7.09. The van der Waals surface area contributed by atoms with Gasteiger partial charge in [-0.1, -0.05) is 48.5 Å². The van der Waals surface area contributed by atoms with Gasteiger partial charge >= 0.3 is 0 Å². The Hall–Kier alpha value is -1.82. The second-order valence-electron chi connectivity index (χ2n) is 7.52. The highest BCUT2D eigenvalue weighted by molar-refractivity contribution is 7.89. The third-order valence-electron chi connectivity index (χ3n) is 5.14. The number of ether oxygens (including phenoxy) is 1. The second-order valence-corrected chi connectivity index (χ2v) is 11.0. The molecule has 10 heteroatoms. The highest BCUT2D eigenvalue weighted by atomic mass is 32.2. The first-order valence-corrected chi connectivity index (χ1v) is 13.3. The van der Waals surface area contributed by atoms with Crippen LogP contribution in [0.1, 0.15) is 24.8 Å². The van der Waals surface area contributed by atoms with Crippen LogP contribution in [0.4, 0.5) is 0 Å². The van der Waals surface area contributed by atoms with E-state index in [1.807, 2.05) is 6.07 Å². The van der Waals surface area contributed by atoms with Gasteiger partial charge in [0.25, 0.3) is 0 Å². The van der Waals surface area contributed by atoms with Crippen molar-refractivity contribution in [3.8, 4) is 0 Å². The van der Waals surface area contributed by atoms with E-state index in [4.69, 9.17) is 4.74 Å². The van der Waals surface area contributed by atoms with E-state index in [-0.39, 0.29) is 29.9 Å². The lowest BCUT2D eigenvalue weighted by Crippen LogP contribution is -2.51. The van der Waals surface area contributed by atoms with Crippen molar-refractivity contribution in [2.75, 3.05) is 13.2 Å². The number of aliphatic hydroxyl groups is 1. The van der Waals surface area contributed by atoms with Crippen molar-refractivity contribution in [2.45, 2.75) is 48.2 Å². The van der Waals surface area contributed by atoms with Gasteiger partial charge in [-0.2, -0.15) is 0 Å². The zero-order chi connectivity index (χ0) is 22.3. The van der Waals surface area contributed by atoms with E-state index < -0.39 is 32.2 Å². The zero-order valence-electron chi connectivity index (χ0n) is 17.1. The van der Waals surface area contributed by atoms with Crippen LogP contribution >= 0.6 is 0 Å². The molecule has 1 aliphatic heterocycles. The molecule has 0 aromatic heterocycles. The van der Waals surface area contributed by atoms with E-state index >= 15 is 0 Å². The second kappa shape index (κ2) is 10.7. The average molecular weight is 469 g/mol. The van der Waals surface area contributed by atoms with Gasteiger partial charge in [-0.3, -0.25) is 0 Å². The van der Waals surface area contributed by atoms with Crippen LogP contribution < -0.4 is 9.44 Å². The lowest BCUT2D eigenvalue weighted by Gasteiger charge is -2.36. The lowest BCUT2D eigenvalue weighted by atomic mass is 9.98. The molecule has 3 N–H and O–H groups in total. The molecule has 1 heterocycles. The first-order valence-electron chi connectivity index (χ1n) is 10.1. The molecule has 3 atom stereocenters. The summed E-state index contributed by atoms with van der Waals surface area (Å²) in [5, 5.41) is 9.69. The standard InChI is InChI=1S/C21H28N2O6S2/c24-15-21-20(23-31(27,28)19-9-5-2-6-10-19)12-11-18(29-21)13-14-22-30(25,26)16-17-7-3-1-4-8-17/h1-10,18,20-24H,11-16H2/t18-,20-,21+/m0/s1. The Morgan fingerprint density at radius 3 is 2.23 bits per heavy atom. The van der Waals surface area contributed by atoms with Crippen LogP contribution in [0.5, 0.6) is 0 Å². The SMILES string of the molecule is O=S(=O)(Cc1ccccc1)NCC[C@@H]1CC[C@H](NS(=O)(=O)c2ccccc2)[C@@H](CO)O1. The van der Waals surface area contributed by atoms with Gasteiger partial charge in [0.1, 0.15) is 0 Å². The Morgan fingerprint density at radius 2 is 1.58 bits per heavy atom. The van der Waals surface area contributed by atoms with Crippen molar-refractivity contribution in [3.05, 3.63) is 66.2 Å². The maximum absolute atomic E-state index is 12.6. The molecule has 0 radical (unpaired) electrons. The number of sulfonamides is 2. The molecule has 1 saturated heterocycles. The molecule has 0 unspecified atom stereocenters. The Kier molecular flexibility index (Phi) is 8.20. The first-order chi connectivity index (χ1) is 14.8. The van der Waals surface area contributed by atoms with Crippen LogP contribution in [0.3, 0.4) is 0 Å². The van der Waals surface area contributed by atoms with Gasteiger partial charge in [-0.05, 0) is 37.0 Å². The normalized spacial score (nSPS) is 22.3. The van der Waals surface area contributed by atoms with Crippen LogP contribution in [-0.4, -0.2) is 53.3 Å². The van der Waals surface area contributed by atoms with E-state index in [0.29, 0.717) is 24.8 Å². The zero-order valence-corrected chi connectivity index (χ0v) is 18.7. The summed E-state index contributed by atoms with van der Waals surface area (Å²) >= 11 is 0. The fourth-order valence-corrected chi connectivity index (χ4v) is 6.05. The van der Waals surface area contributed by atoms with Gasteiger partial charge < -0.3 is 9.84 Å². The predicted molar refractivity (Wildman–Crippen MR) is 117 cm³/mol. The molecule has 0 saturated carbocycles. The lowest BCUT2D eigenvalue weighted by molar-refractivity contribution is -0.0869. The molecule has 170 valence electrons. The molecule has 1 fully saturated rings. The minimum atomic E-state index is -3.72. The highest BCUT2D eigenvalue weighted by Crippen LogP contribution is 2.23. The van der Waals surface area contributed by atoms with Crippen molar-refractivity contribution in [3.63, 3.8) is 0 Å². The molecule has 31 heavy (non-hydrogen) atoms. The molecular formula is C21H28N2O6S2. The minimum absolute atomic E-state index is 0.0953. The number of benzene rings is 2. The predicted octanol–water partition coefficient (Wildman–Crippen LogP) is 1.38. The van der Waals surface area contributed by atoms with Crippen LogP contribution in [0.25, 0.3) is 0 Å². The first kappa shape index (κ1) is 23.8. The summed E-state index contributed by atoms with van der Waals surface area (Å²) in [4.78, 5) is 0.154. The molecule has 0 spiro atoms. The number of hydrogen-bond donors (Lipinski definition) is 3. The molecule has 2 aromatic carbocycles. The van der Waals surface area contributed by atoms with Crippen LogP contribution in [0.15, 0.2) is 65.6 Å². The smallest absolute Gasteiger partial charge is 0.240 e. The van der Waals surface area contributed by atoms with E-state index in [0.717, 1.165) is 0 Å². The van der Waals surface area contributed by atoms with E-state index in [1.54, 1.807) is 42.5 Å². The quantitative estimate of drug-likeness (QED) is 0.484. The Morgan fingerprint density at radius 1 is 0.935 bits per heavy atom. The average Bonchev–Trinajstić information content (AvgIpc) is 2.75. The van der Waals surface area contributed by atoms with Gasteiger partial charge in [0.2, 0.25) is 20.0 Å². The van der Waals surface area contributed by atoms with Crippen molar-refractivity contribution < 1.29 is 26.7 Å². The van der Waals surface area contributed by atoms with Gasteiger partial charge in [-0.15, -0.1) is 0 Å². The van der Waals surface area contributed by atoms with Gasteiger partial charge in [0.15, 0.2) is 0 Å². The van der Waals surface area contributed by atoms with Gasteiger partial charge in [0.05, 0.1) is 35.5 Å². The number of hydrogen-bond acceptors (Lipinski definition) is 6. The maximum Gasteiger partial charge on any atom is 0.240 e. The summed E-state index contributed by atoms with van der Waals surface area (Å²) in [6, 6.07) is 16.4. The summed E-state index contributed by atoms with van der Waals surface area (Å²) in [5.74, 6) is -0.0953. The molecule has 0 aliphatic carbocycles. The third-order valence-corrected chi connectivity index (χ3v) is 8.01. The fraction of sp³-hybridized carbons (Fsp3) is 0.429. The molecule has 0 amide bonds. The molecular weight excluding hydrogens is 440 g/mol. The monoisotopic (exact) mass is 468 g/mol. The summed E-state index contributed by atoms with van der Waals surface area (Å²) < 4.78 is 60.6. The minimum Gasteiger partial charge on any atom is -0.394 e. The van der Waals surface area contributed by atoms with Gasteiger partial charge in [0, 0.05) is 6.54 Å². The summed E-state index contributed by atoms with van der Waals surface area (Å²) in [5.41, 5.74) is 0.706. The summed E-state index contributed by atoms with van der Waals surface area (Å²) in [6.45, 7) is -0.128. The summed E-state index contributed by atoms with van der Waals surface area (Å²) in [6.07, 6.45) is 0.507. The Balaban J connectivity index is 1.49. The van der Waals surface area contributed by atoms with Crippen LogP contribution in [0, 0.1) is 0 Å². The van der Waals surface area contributed by atoms with E-state index in [1.165, 1.54) is 12.1 Å². The van der Waals surface area contributed by atoms with Crippen LogP contribution in [0.2, 0.25) is 0 Å². The maximum atomic E-state index is 12.6. The fourth-order valence-electron chi connectivity index (χ4n) is 3.57. The van der Waals surface area contributed by atoms with Crippen molar-refractivity contribution >= 4 is 20.0 Å². The van der Waals surface area contributed by atoms with Crippen molar-refractivity contribution in [1.82, 2.24) is 9.44 Å².